The number of aromatic amines is 1. The molecular formula is C18H24N2O3. The van der Waals surface area contributed by atoms with Crippen molar-refractivity contribution in [1.82, 2.24) is 10.3 Å². The van der Waals surface area contributed by atoms with Gasteiger partial charge in [0.1, 0.15) is 0 Å². The fourth-order valence-electron chi connectivity index (χ4n) is 2.76. The van der Waals surface area contributed by atoms with Crippen LogP contribution in [0.1, 0.15) is 56.4 Å². The maximum absolute atomic E-state index is 11.7. The van der Waals surface area contributed by atoms with Crippen molar-refractivity contribution in [3.63, 3.8) is 0 Å². The van der Waals surface area contributed by atoms with Crippen molar-refractivity contribution in [3.8, 4) is 0 Å². The molecule has 0 radical (unpaired) electrons. The lowest BCUT2D eigenvalue weighted by Gasteiger charge is -2.05. The van der Waals surface area contributed by atoms with E-state index in [9.17, 15) is 9.59 Å². The third-order valence-electron chi connectivity index (χ3n) is 4.41. The first-order chi connectivity index (χ1) is 10.9. The van der Waals surface area contributed by atoms with Crippen molar-refractivity contribution in [2.24, 2.45) is 0 Å². The molecule has 0 saturated heterocycles. The summed E-state index contributed by atoms with van der Waals surface area (Å²) in [6.07, 6.45) is 7.68. The fraction of sp³-hybridized carbons (Fsp3) is 0.444. The van der Waals surface area contributed by atoms with Gasteiger partial charge in [0.05, 0.1) is 0 Å². The van der Waals surface area contributed by atoms with Crippen molar-refractivity contribution in [2.75, 3.05) is 0 Å². The first-order valence-corrected chi connectivity index (χ1v) is 7.99. The van der Waals surface area contributed by atoms with E-state index in [0.717, 1.165) is 41.8 Å². The van der Waals surface area contributed by atoms with Gasteiger partial charge in [-0.05, 0) is 62.8 Å². The van der Waals surface area contributed by atoms with Gasteiger partial charge in [0.15, 0.2) is 0 Å². The van der Waals surface area contributed by atoms with Gasteiger partial charge in [-0.2, -0.15) is 0 Å². The van der Waals surface area contributed by atoms with Crippen LogP contribution in [-0.4, -0.2) is 22.0 Å². The summed E-state index contributed by atoms with van der Waals surface area (Å²) in [4.78, 5) is 25.5. The van der Waals surface area contributed by atoms with Gasteiger partial charge in [-0.1, -0.05) is 6.42 Å². The standard InChI is InChI=1S/C18H24N2O3/c1-11-10-19-16(9-15-12(2)13(3)18(23)20-15)14(11)7-5-4-6-8-17(21)22/h9-10,19H,4-8H2,1-3H3,(H,20,23)(H,21,22). The Morgan fingerprint density at radius 3 is 2.52 bits per heavy atom. The molecule has 0 fully saturated rings. The van der Waals surface area contributed by atoms with Crippen LogP contribution < -0.4 is 5.32 Å². The number of carboxylic acids is 1. The number of carbonyl (C=O) groups excluding carboxylic acids is 1. The second-order valence-electron chi connectivity index (χ2n) is 6.08. The number of H-pyrrole nitrogens is 1. The van der Waals surface area contributed by atoms with Gasteiger partial charge >= 0.3 is 5.97 Å². The predicted octanol–water partition coefficient (Wildman–Crippen LogP) is 3.32. The van der Waals surface area contributed by atoms with E-state index in [2.05, 4.69) is 17.2 Å². The lowest BCUT2D eigenvalue weighted by Crippen LogP contribution is -2.15. The first kappa shape index (κ1) is 17.1. The SMILES string of the molecule is CC1=C(C)C(=Cc2[nH]cc(C)c2CCCCCC(=O)O)NC1=O. The minimum absolute atomic E-state index is 0.0350. The van der Waals surface area contributed by atoms with E-state index >= 15 is 0 Å². The number of aryl methyl sites for hydroxylation is 1. The molecule has 2 heterocycles. The van der Waals surface area contributed by atoms with Crippen LogP contribution in [0.2, 0.25) is 0 Å². The Bertz CT molecular complexity index is 680. The van der Waals surface area contributed by atoms with Gasteiger partial charge in [-0.3, -0.25) is 9.59 Å². The smallest absolute Gasteiger partial charge is 0.303 e. The summed E-state index contributed by atoms with van der Waals surface area (Å²) in [5, 5.41) is 11.6. The van der Waals surface area contributed by atoms with Crippen LogP contribution in [0.25, 0.3) is 6.08 Å². The van der Waals surface area contributed by atoms with Gasteiger partial charge in [0.2, 0.25) is 0 Å². The van der Waals surface area contributed by atoms with Crippen LogP contribution in [0.3, 0.4) is 0 Å². The Balaban J connectivity index is 2.05. The maximum Gasteiger partial charge on any atom is 0.303 e. The third-order valence-corrected chi connectivity index (χ3v) is 4.41. The summed E-state index contributed by atoms with van der Waals surface area (Å²) in [7, 11) is 0. The highest BCUT2D eigenvalue weighted by Gasteiger charge is 2.20. The summed E-state index contributed by atoms with van der Waals surface area (Å²) < 4.78 is 0. The largest absolute Gasteiger partial charge is 0.481 e. The molecule has 23 heavy (non-hydrogen) atoms. The van der Waals surface area contributed by atoms with E-state index in [1.807, 2.05) is 26.1 Å². The first-order valence-electron chi connectivity index (χ1n) is 7.99. The van der Waals surface area contributed by atoms with E-state index in [4.69, 9.17) is 5.11 Å². The number of rotatable bonds is 7. The van der Waals surface area contributed by atoms with Crippen molar-refractivity contribution in [1.29, 1.82) is 0 Å². The third kappa shape index (κ3) is 4.12. The second kappa shape index (κ2) is 7.31. The van der Waals surface area contributed by atoms with Gasteiger partial charge in [-0.25, -0.2) is 0 Å². The highest BCUT2D eigenvalue weighted by atomic mass is 16.4. The predicted molar refractivity (Wildman–Crippen MR) is 89.8 cm³/mol. The zero-order valence-electron chi connectivity index (χ0n) is 14.0. The summed E-state index contributed by atoms with van der Waals surface area (Å²) in [5.74, 6) is -0.768. The molecule has 5 nitrogen and oxygen atoms in total. The van der Waals surface area contributed by atoms with Gasteiger partial charge in [0, 0.05) is 29.6 Å². The number of hydrogen-bond donors (Lipinski definition) is 3. The highest BCUT2D eigenvalue weighted by molar-refractivity contribution is 6.00. The van der Waals surface area contributed by atoms with Crippen LogP contribution in [0.5, 0.6) is 0 Å². The lowest BCUT2D eigenvalue weighted by atomic mass is 10.0. The molecule has 0 aromatic carbocycles. The number of carboxylic acid groups (broad SMARTS) is 1. The minimum Gasteiger partial charge on any atom is -0.481 e. The molecule has 124 valence electrons. The molecule has 5 heteroatoms. The number of aromatic nitrogens is 1. The summed E-state index contributed by atoms with van der Waals surface area (Å²) in [6.45, 7) is 5.83. The molecule has 1 aliphatic heterocycles. The number of unbranched alkanes of at least 4 members (excludes halogenated alkanes) is 2. The van der Waals surface area contributed by atoms with E-state index < -0.39 is 5.97 Å². The molecular weight excluding hydrogens is 292 g/mol. The molecule has 0 unspecified atom stereocenters. The van der Waals surface area contributed by atoms with Crippen LogP contribution in [0, 0.1) is 6.92 Å². The Morgan fingerprint density at radius 2 is 1.91 bits per heavy atom. The van der Waals surface area contributed by atoms with Crippen molar-refractivity contribution >= 4 is 18.0 Å². The molecule has 1 aromatic heterocycles. The van der Waals surface area contributed by atoms with Crippen molar-refractivity contribution in [2.45, 2.75) is 52.9 Å². The van der Waals surface area contributed by atoms with Crippen LogP contribution in [0.15, 0.2) is 23.0 Å². The molecule has 1 amide bonds. The number of amides is 1. The molecule has 0 aliphatic carbocycles. The normalized spacial score (nSPS) is 16.3. The molecule has 1 aromatic rings. The zero-order valence-corrected chi connectivity index (χ0v) is 14.0. The number of nitrogens with one attached hydrogen (secondary N) is 2. The zero-order chi connectivity index (χ0) is 17.0. The number of allylic oxidation sites excluding steroid dienone is 1. The van der Waals surface area contributed by atoms with Gasteiger partial charge in [0.25, 0.3) is 5.91 Å². The molecule has 0 bridgehead atoms. The van der Waals surface area contributed by atoms with Crippen LogP contribution in [0.4, 0.5) is 0 Å². The lowest BCUT2D eigenvalue weighted by molar-refractivity contribution is -0.137. The van der Waals surface area contributed by atoms with Crippen molar-refractivity contribution in [3.05, 3.63) is 39.9 Å². The summed E-state index contributed by atoms with van der Waals surface area (Å²) >= 11 is 0. The number of hydrogen-bond acceptors (Lipinski definition) is 2. The quantitative estimate of drug-likeness (QED) is 0.675. The van der Waals surface area contributed by atoms with E-state index in [1.165, 1.54) is 11.1 Å². The molecule has 3 N–H and O–H groups in total. The Kier molecular flexibility index (Phi) is 5.42. The molecule has 0 atom stereocenters. The Hall–Kier alpha value is -2.30. The van der Waals surface area contributed by atoms with E-state index in [0.29, 0.717) is 6.42 Å². The molecule has 0 spiro atoms. The van der Waals surface area contributed by atoms with Crippen LogP contribution in [-0.2, 0) is 16.0 Å². The monoisotopic (exact) mass is 316 g/mol. The van der Waals surface area contributed by atoms with Gasteiger partial charge < -0.3 is 15.4 Å². The molecule has 0 saturated carbocycles. The maximum atomic E-state index is 11.7. The Labute approximate surface area is 136 Å². The average molecular weight is 316 g/mol. The van der Waals surface area contributed by atoms with E-state index in [-0.39, 0.29) is 12.3 Å². The average Bonchev–Trinajstić information content (AvgIpc) is 2.95. The van der Waals surface area contributed by atoms with Crippen LogP contribution >= 0.6 is 0 Å². The summed E-state index contributed by atoms with van der Waals surface area (Å²) in [5.41, 5.74) is 6.04. The minimum atomic E-state index is -0.733. The van der Waals surface area contributed by atoms with E-state index in [1.54, 1.807) is 0 Å². The molecule has 1 aliphatic rings. The van der Waals surface area contributed by atoms with Crippen molar-refractivity contribution < 1.29 is 14.7 Å². The Morgan fingerprint density at radius 1 is 1.17 bits per heavy atom. The number of carbonyl (C=O) groups is 2. The van der Waals surface area contributed by atoms with Gasteiger partial charge in [-0.15, -0.1) is 0 Å². The molecule has 2 rings (SSSR count). The topological polar surface area (TPSA) is 82.2 Å². The fourth-order valence-corrected chi connectivity index (χ4v) is 2.76. The summed E-state index contributed by atoms with van der Waals surface area (Å²) in [6, 6.07) is 0. The second-order valence-corrected chi connectivity index (χ2v) is 6.08. The highest BCUT2D eigenvalue weighted by Crippen LogP contribution is 2.25. The number of aliphatic carboxylic acids is 1.